The van der Waals surface area contributed by atoms with Gasteiger partial charge in [0.05, 0.1) is 12.8 Å². The topological polar surface area (TPSA) is 205 Å². The van der Waals surface area contributed by atoms with E-state index in [1.807, 2.05) is 27.5 Å². The number of amides is 2. The molecule has 2 unspecified atom stereocenters. The summed E-state index contributed by atoms with van der Waals surface area (Å²) in [6.07, 6.45) is 4.43. The van der Waals surface area contributed by atoms with Gasteiger partial charge in [-0.25, -0.2) is 9.36 Å². The molecule has 5 rings (SSSR count). The number of hydrogen-bond donors (Lipinski definition) is 5. The number of hydrogen-bond acceptors (Lipinski definition) is 12. The summed E-state index contributed by atoms with van der Waals surface area (Å²) in [4.78, 5) is 52.1. The molecule has 15 nitrogen and oxygen atoms in total. The maximum absolute atomic E-state index is 13.1. The number of pyridine rings is 1. The molecule has 17 heteroatoms. The number of carbonyl (C=O) groups is 3. The summed E-state index contributed by atoms with van der Waals surface area (Å²) in [7, 11) is 1.41. The fourth-order valence-electron chi connectivity index (χ4n) is 4.82. The van der Waals surface area contributed by atoms with Gasteiger partial charge in [0.1, 0.15) is 29.2 Å². The van der Waals surface area contributed by atoms with E-state index in [1.54, 1.807) is 6.33 Å². The lowest BCUT2D eigenvalue weighted by Crippen LogP contribution is -2.71. The fourth-order valence-corrected chi connectivity index (χ4v) is 6.59. The predicted molar refractivity (Wildman–Crippen MR) is 151 cm³/mol. The van der Waals surface area contributed by atoms with Crippen LogP contribution in [0.5, 0.6) is 0 Å². The van der Waals surface area contributed by atoms with Crippen molar-refractivity contribution in [3.63, 3.8) is 0 Å². The summed E-state index contributed by atoms with van der Waals surface area (Å²) in [6.45, 7) is 2.36. The molecule has 2 amide bonds. The van der Waals surface area contributed by atoms with Gasteiger partial charge in [-0.2, -0.15) is 9.36 Å². The summed E-state index contributed by atoms with van der Waals surface area (Å²) in [5, 5.41) is 24.4. The van der Waals surface area contributed by atoms with Crippen LogP contribution >= 0.6 is 23.3 Å². The van der Waals surface area contributed by atoms with Crippen LogP contribution in [0.3, 0.4) is 0 Å². The van der Waals surface area contributed by atoms with Crippen LogP contribution in [-0.4, -0.2) is 101 Å². The average Bonchev–Trinajstić information content (AvgIpc) is 3.58. The number of thioether (sulfide) groups is 1. The van der Waals surface area contributed by atoms with E-state index in [9.17, 15) is 19.5 Å². The fraction of sp³-hybridized carbons (Fsp3) is 0.417. The smallest absolute Gasteiger partial charge is 0.352 e. The maximum Gasteiger partial charge on any atom is 0.352 e. The molecule has 216 valence electrons. The van der Waals surface area contributed by atoms with Crippen LogP contribution in [0.15, 0.2) is 40.9 Å². The minimum Gasteiger partial charge on any atom is -0.477 e. The van der Waals surface area contributed by atoms with Crippen molar-refractivity contribution in [1.29, 1.82) is 0 Å². The van der Waals surface area contributed by atoms with Crippen molar-refractivity contribution < 1.29 is 29.2 Å². The number of nitrogens with zero attached hydrogens (tertiary/aromatic N) is 7. The number of carboxylic acid groups (broad SMARTS) is 1. The van der Waals surface area contributed by atoms with Crippen LogP contribution in [0.25, 0.3) is 11.2 Å². The number of nitrogens with two attached hydrogens (primary N) is 1. The van der Waals surface area contributed by atoms with Gasteiger partial charge in [-0.1, -0.05) is 0 Å². The predicted octanol–water partition coefficient (Wildman–Crippen LogP) is -1.41. The number of anilines is 1. The van der Waals surface area contributed by atoms with Crippen LogP contribution < -0.4 is 20.9 Å². The molecule has 6 N–H and O–H groups in total. The van der Waals surface area contributed by atoms with Crippen LogP contribution in [-0.2, 0) is 27.5 Å². The van der Waals surface area contributed by atoms with Crippen LogP contribution in [0.2, 0.25) is 0 Å². The normalized spacial score (nSPS) is 18.9. The Labute approximate surface area is 242 Å². The number of imidazole rings is 1. The van der Waals surface area contributed by atoms with Crippen LogP contribution in [0.4, 0.5) is 5.13 Å². The number of fused-ring (bicyclic) bond motifs is 2. The van der Waals surface area contributed by atoms with Crippen molar-refractivity contribution >= 4 is 63.1 Å². The number of aromatic nitrogens is 5. The molecule has 0 saturated carbocycles. The number of aliphatic imine (C=N–C) groups is 1. The molecule has 0 spiro atoms. The van der Waals surface area contributed by atoms with Gasteiger partial charge in [-0.3, -0.25) is 19.5 Å². The first kappa shape index (κ1) is 28.6. The molecular weight excluding hydrogens is 572 g/mol. The molecule has 3 aromatic rings. The van der Waals surface area contributed by atoms with Gasteiger partial charge in [-0.05, 0) is 30.1 Å². The molecular formula is C24H29N10O5S2+. The Morgan fingerprint density at radius 1 is 1.34 bits per heavy atom. The molecule has 1 fully saturated rings. The lowest BCUT2D eigenvalue weighted by atomic mass is 10.0. The van der Waals surface area contributed by atoms with E-state index in [0.29, 0.717) is 23.5 Å². The Hall–Kier alpha value is -3.93. The SMILES string of the molecule is CN=C(C(=O)NC1C(=O)N2C(C(=O)O)=C(C[n+]3cccc4c3ncn4CCCNCCO)CSC12)c1nsc(N)n1. The molecule has 2 aliphatic rings. The van der Waals surface area contributed by atoms with Crippen LogP contribution in [0, 0.1) is 0 Å². The Balaban J connectivity index is 1.31. The molecule has 5 heterocycles. The highest BCUT2D eigenvalue weighted by Crippen LogP contribution is 2.40. The van der Waals surface area contributed by atoms with Gasteiger partial charge >= 0.3 is 11.6 Å². The highest BCUT2D eigenvalue weighted by Gasteiger charge is 2.54. The van der Waals surface area contributed by atoms with E-state index in [4.69, 9.17) is 10.8 Å². The number of rotatable bonds is 12. The van der Waals surface area contributed by atoms with E-state index >= 15 is 0 Å². The largest absolute Gasteiger partial charge is 0.477 e. The number of aliphatic carboxylic acids is 1. The Morgan fingerprint density at radius 3 is 2.88 bits per heavy atom. The molecule has 3 aromatic heterocycles. The third kappa shape index (κ3) is 5.65. The first-order valence-electron chi connectivity index (χ1n) is 12.8. The summed E-state index contributed by atoms with van der Waals surface area (Å²) in [5.74, 6) is -1.96. The number of aryl methyl sites for hydroxylation is 1. The molecule has 0 radical (unpaired) electrons. The minimum atomic E-state index is -1.21. The second kappa shape index (κ2) is 12.3. The average molecular weight is 602 g/mol. The zero-order valence-electron chi connectivity index (χ0n) is 22.1. The number of aliphatic hydroxyl groups excluding tert-OH is 1. The number of β-lactam (4-membered cyclic amide) rings is 1. The second-order valence-corrected chi connectivity index (χ2v) is 11.1. The second-order valence-electron chi connectivity index (χ2n) is 9.26. The van der Waals surface area contributed by atoms with Gasteiger partial charge in [0, 0.05) is 43.0 Å². The molecule has 0 aromatic carbocycles. The first-order valence-corrected chi connectivity index (χ1v) is 14.6. The zero-order valence-corrected chi connectivity index (χ0v) is 23.7. The third-order valence-electron chi connectivity index (χ3n) is 6.68. The lowest BCUT2D eigenvalue weighted by Gasteiger charge is -2.49. The summed E-state index contributed by atoms with van der Waals surface area (Å²) >= 11 is 2.30. The standard InChI is InChI=1S/C24H28N10O5S2/c1-26-15(18-30-24(25)41-31-18)20(36)29-16-21(37)34-17(23(38)39)13(11-40-22(16)34)10-32-7-2-4-14-19(32)28-12-33(14)8-3-5-27-6-9-35/h2,4,7,12,16,22,27,35H,3,5-6,8-11H2,1H3,(H3-,25,29,30,31,36,38,39)/p+1. The van der Waals surface area contributed by atoms with Crippen LogP contribution in [0.1, 0.15) is 12.2 Å². The molecule has 41 heavy (non-hydrogen) atoms. The summed E-state index contributed by atoms with van der Waals surface area (Å²) in [6, 6.07) is 2.91. The summed E-state index contributed by atoms with van der Waals surface area (Å²) < 4.78 is 7.90. The van der Waals surface area contributed by atoms with Crippen molar-refractivity contribution in [2.75, 3.05) is 38.2 Å². The minimum absolute atomic E-state index is 0.0628. The van der Waals surface area contributed by atoms with E-state index in [1.165, 1.54) is 23.7 Å². The van der Waals surface area contributed by atoms with E-state index in [2.05, 4.69) is 30.0 Å². The van der Waals surface area contributed by atoms with Crippen molar-refractivity contribution in [3.8, 4) is 0 Å². The number of carboxylic acids is 1. The van der Waals surface area contributed by atoms with Gasteiger partial charge in [-0.15, -0.1) is 11.8 Å². The van der Waals surface area contributed by atoms with Crippen molar-refractivity contribution in [3.05, 3.63) is 41.8 Å². The molecule has 2 aliphatic heterocycles. The quantitative estimate of drug-likeness (QED) is 0.0706. The first-order chi connectivity index (χ1) is 19.8. The van der Waals surface area contributed by atoms with Crippen molar-refractivity contribution in [1.82, 2.24) is 34.4 Å². The number of carbonyl (C=O) groups excluding carboxylic acids is 2. The van der Waals surface area contributed by atoms with Gasteiger partial charge in [0.15, 0.2) is 16.7 Å². The van der Waals surface area contributed by atoms with E-state index in [0.717, 1.165) is 36.6 Å². The highest BCUT2D eigenvalue weighted by molar-refractivity contribution is 8.00. The van der Waals surface area contributed by atoms with E-state index < -0.39 is 29.2 Å². The Bertz CT molecular complexity index is 1550. The van der Waals surface area contributed by atoms with E-state index in [-0.39, 0.29) is 35.5 Å². The monoisotopic (exact) mass is 601 g/mol. The maximum atomic E-state index is 13.1. The Morgan fingerprint density at radius 2 is 2.17 bits per heavy atom. The van der Waals surface area contributed by atoms with Gasteiger partial charge in [0.25, 0.3) is 11.8 Å². The van der Waals surface area contributed by atoms with Crippen molar-refractivity contribution in [2.24, 2.45) is 4.99 Å². The molecule has 0 aliphatic carbocycles. The zero-order chi connectivity index (χ0) is 29.1. The molecule has 1 saturated heterocycles. The third-order valence-corrected chi connectivity index (χ3v) is 8.56. The number of aliphatic hydroxyl groups is 1. The van der Waals surface area contributed by atoms with Crippen molar-refractivity contribution in [2.45, 2.75) is 30.9 Å². The molecule has 0 bridgehead atoms. The highest BCUT2D eigenvalue weighted by atomic mass is 32.2. The molecule has 2 atom stereocenters. The van der Waals surface area contributed by atoms with Gasteiger partial charge < -0.3 is 31.1 Å². The Kier molecular flexibility index (Phi) is 8.57. The number of nitrogen functional groups attached to an aromatic ring is 1. The van der Waals surface area contributed by atoms with Gasteiger partial charge in [0.2, 0.25) is 6.33 Å². The number of nitrogens with one attached hydrogen (secondary N) is 2. The summed E-state index contributed by atoms with van der Waals surface area (Å²) in [5.41, 5.74) is 7.63. The lowest BCUT2D eigenvalue weighted by molar-refractivity contribution is -0.664.